The average molecular weight is 210 g/mol. The lowest BCUT2D eigenvalue weighted by Gasteiger charge is -2.20. The van der Waals surface area contributed by atoms with Crippen molar-refractivity contribution in [1.29, 1.82) is 0 Å². The molecule has 0 saturated carbocycles. The Morgan fingerprint density at radius 1 is 1.40 bits per heavy atom. The predicted molar refractivity (Wildman–Crippen MR) is 57.6 cm³/mol. The molecule has 15 heavy (non-hydrogen) atoms. The summed E-state index contributed by atoms with van der Waals surface area (Å²) >= 11 is 0. The van der Waals surface area contributed by atoms with Crippen LogP contribution in [0.25, 0.3) is 0 Å². The molecule has 0 aliphatic heterocycles. The van der Waals surface area contributed by atoms with Gasteiger partial charge < -0.3 is 9.84 Å². The first-order valence-electron chi connectivity index (χ1n) is 5.02. The molecule has 1 aromatic heterocycles. The summed E-state index contributed by atoms with van der Waals surface area (Å²) in [6.07, 6.45) is 0.332. The van der Waals surface area contributed by atoms with E-state index in [4.69, 9.17) is 4.52 Å². The molecule has 84 valence electrons. The topological polar surface area (TPSA) is 55.1 Å². The number of aromatic nitrogens is 1. The van der Waals surface area contributed by atoms with Gasteiger partial charge in [-0.15, -0.1) is 0 Å². The SMILES string of the molecule is Cc1noc(C)c1CC(=O)NC(C)(C)C. The van der Waals surface area contributed by atoms with Gasteiger partial charge in [-0.1, -0.05) is 5.16 Å². The third-order valence-corrected chi connectivity index (χ3v) is 2.03. The molecule has 0 atom stereocenters. The fraction of sp³-hybridized carbons (Fsp3) is 0.636. The van der Waals surface area contributed by atoms with E-state index < -0.39 is 0 Å². The van der Waals surface area contributed by atoms with Crippen LogP contribution in [0.3, 0.4) is 0 Å². The molecule has 0 unspecified atom stereocenters. The molecule has 1 amide bonds. The maximum Gasteiger partial charge on any atom is 0.225 e. The molecular weight excluding hydrogens is 192 g/mol. The van der Waals surface area contributed by atoms with Crippen molar-refractivity contribution >= 4 is 5.91 Å². The normalized spacial score (nSPS) is 11.5. The first kappa shape index (κ1) is 11.8. The Balaban J connectivity index is 2.67. The van der Waals surface area contributed by atoms with Gasteiger partial charge in [0.2, 0.25) is 5.91 Å². The number of hydrogen-bond acceptors (Lipinski definition) is 3. The Hall–Kier alpha value is -1.32. The molecule has 0 radical (unpaired) electrons. The first-order chi connectivity index (χ1) is 6.79. The number of carbonyl (C=O) groups is 1. The lowest BCUT2D eigenvalue weighted by atomic mass is 10.1. The van der Waals surface area contributed by atoms with Gasteiger partial charge in [-0.3, -0.25) is 4.79 Å². The third kappa shape index (κ3) is 3.38. The number of rotatable bonds is 2. The highest BCUT2D eigenvalue weighted by Crippen LogP contribution is 2.13. The van der Waals surface area contributed by atoms with Gasteiger partial charge in [-0.25, -0.2) is 0 Å². The van der Waals surface area contributed by atoms with E-state index in [1.165, 1.54) is 0 Å². The van der Waals surface area contributed by atoms with Crippen LogP contribution in [0.1, 0.15) is 37.8 Å². The summed E-state index contributed by atoms with van der Waals surface area (Å²) in [5, 5.41) is 6.71. The van der Waals surface area contributed by atoms with Crippen molar-refractivity contribution in [2.75, 3.05) is 0 Å². The highest BCUT2D eigenvalue weighted by molar-refractivity contribution is 5.79. The second-order valence-corrected chi connectivity index (χ2v) is 4.78. The minimum absolute atomic E-state index is 0.00287. The van der Waals surface area contributed by atoms with Crippen LogP contribution in [0.15, 0.2) is 4.52 Å². The second kappa shape index (κ2) is 4.04. The van der Waals surface area contributed by atoms with Gasteiger partial charge in [0.1, 0.15) is 5.76 Å². The van der Waals surface area contributed by atoms with Crippen molar-refractivity contribution in [1.82, 2.24) is 10.5 Å². The average Bonchev–Trinajstić information content (AvgIpc) is 2.32. The zero-order valence-corrected chi connectivity index (χ0v) is 9.97. The summed E-state index contributed by atoms with van der Waals surface area (Å²) < 4.78 is 5.00. The Labute approximate surface area is 90.0 Å². The molecule has 1 N–H and O–H groups in total. The zero-order chi connectivity index (χ0) is 11.6. The van der Waals surface area contributed by atoms with E-state index in [0.717, 1.165) is 17.0 Å². The van der Waals surface area contributed by atoms with Crippen molar-refractivity contribution in [2.24, 2.45) is 0 Å². The minimum Gasteiger partial charge on any atom is -0.361 e. The van der Waals surface area contributed by atoms with Crippen molar-refractivity contribution in [3.8, 4) is 0 Å². The molecule has 0 aromatic carbocycles. The fourth-order valence-electron chi connectivity index (χ4n) is 1.38. The quantitative estimate of drug-likeness (QED) is 0.809. The van der Waals surface area contributed by atoms with Crippen LogP contribution in [-0.4, -0.2) is 16.6 Å². The second-order valence-electron chi connectivity index (χ2n) is 4.78. The molecular formula is C11H18N2O2. The lowest BCUT2D eigenvalue weighted by molar-refractivity contribution is -0.121. The van der Waals surface area contributed by atoms with Gasteiger partial charge in [-0.05, 0) is 34.6 Å². The molecule has 0 saturated heterocycles. The van der Waals surface area contributed by atoms with E-state index in [0.29, 0.717) is 6.42 Å². The minimum atomic E-state index is -0.198. The van der Waals surface area contributed by atoms with Crippen molar-refractivity contribution < 1.29 is 9.32 Å². The molecule has 1 heterocycles. The molecule has 1 rings (SSSR count). The monoisotopic (exact) mass is 210 g/mol. The van der Waals surface area contributed by atoms with E-state index in [9.17, 15) is 4.79 Å². The van der Waals surface area contributed by atoms with Crippen LogP contribution in [-0.2, 0) is 11.2 Å². The molecule has 0 fully saturated rings. The lowest BCUT2D eigenvalue weighted by Crippen LogP contribution is -2.41. The van der Waals surface area contributed by atoms with Gasteiger partial charge in [0.15, 0.2) is 0 Å². The number of nitrogens with zero attached hydrogens (tertiary/aromatic N) is 1. The largest absolute Gasteiger partial charge is 0.361 e. The molecule has 0 aliphatic rings. The van der Waals surface area contributed by atoms with E-state index in [-0.39, 0.29) is 11.4 Å². The van der Waals surface area contributed by atoms with Gasteiger partial charge in [0.05, 0.1) is 12.1 Å². The summed E-state index contributed by atoms with van der Waals surface area (Å²) in [5.74, 6) is 0.716. The molecule has 4 nitrogen and oxygen atoms in total. The third-order valence-electron chi connectivity index (χ3n) is 2.03. The molecule has 0 aliphatic carbocycles. The highest BCUT2D eigenvalue weighted by Gasteiger charge is 2.17. The smallest absolute Gasteiger partial charge is 0.225 e. The highest BCUT2D eigenvalue weighted by atomic mass is 16.5. The van der Waals surface area contributed by atoms with E-state index >= 15 is 0 Å². The van der Waals surface area contributed by atoms with Crippen LogP contribution < -0.4 is 5.32 Å². The molecule has 0 bridgehead atoms. The van der Waals surface area contributed by atoms with E-state index in [1.807, 2.05) is 34.6 Å². The van der Waals surface area contributed by atoms with Gasteiger partial charge in [0, 0.05) is 11.1 Å². The Bertz CT molecular complexity index is 342. The summed E-state index contributed by atoms with van der Waals surface area (Å²) in [7, 11) is 0. The number of amides is 1. The molecule has 1 aromatic rings. The van der Waals surface area contributed by atoms with Gasteiger partial charge in [0.25, 0.3) is 0 Å². The summed E-state index contributed by atoms with van der Waals surface area (Å²) in [5.41, 5.74) is 1.48. The van der Waals surface area contributed by atoms with Crippen LogP contribution in [0.4, 0.5) is 0 Å². The van der Waals surface area contributed by atoms with Crippen molar-refractivity contribution in [3.63, 3.8) is 0 Å². The van der Waals surface area contributed by atoms with Crippen molar-refractivity contribution in [2.45, 2.75) is 46.6 Å². The van der Waals surface area contributed by atoms with Crippen molar-refractivity contribution in [3.05, 3.63) is 17.0 Å². The first-order valence-corrected chi connectivity index (χ1v) is 5.02. The van der Waals surface area contributed by atoms with Gasteiger partial charge >= 0.3 is 0 Å². The molecule has 4 heteroatoms. The van der Waals surface area contributed by atoms with E-state index in [2.05, 4.69) is 10.5 Å². The number of nitrogens with one attached hydrogen (secondary N) is 1. The summed E-state index contributed by atoms with van der Waals surface area (Å²) in [6.45, 7) is 9.53. The number of hydrogen-bond donors (Lipinski definition) is 1. The standard InChI is InChI=1S/C11H18N2O2/c1-7-9(8(2)15-13-7)6-10(14)12-11(3,4)5/h6H2,1-5H3,(H,12,14). The Kier molecular flexibility index (Phi) is 3.17. The summed E-state index contributed by atoms with van der Waals surface area (Å²) in [4.78, 5) is 11.6. The van der Waals surface area contributed by atoms with Gasteiger partial charge in [-0.2, -0.15) is 0 Å². The van der Waals surface area contributed by atoms with Crippen LogP contribution >= 0.6 is 0 Å². The maximum absolute atomic E-state index is 11.6. The van der Waals surface area contributed by atoms with Crippen LogP contribution in [0.2, 0.25) is 0 Å². The number of carbonyl (C=O) groups excluding carboxylic acids is 1. The zero-order valence-electron chi connectivity index (χ0n) is 9.97. The number of aryl methyl sites for hydroxylation is 2. The molecule has 0 spiro atoms. The fourth-order valence-corrected chi connectivity index (χ4v) is 1.38. The van der Waals surface area contributed by atoms with E-state index in [1.54, 1.807) is 0 Å². The van der Waals surface area contributed by atoms with Crippen LogP contribution in [0.5, 0.6) is 0 Å². The predicted octanol–water partition coefficient (Wildman–Crippen LogP) is 1.75. The summed E-state index contributed by atoms with van der Waals surface area (Å²) in [6, 6.07) is 0. The van der Waals surface area contributed by atoms with Crippen LogP contribution in [0, 0.1) is 13.8 Å². The Morgan fingerprint density at radius 2 is 2.00 bits per heavy atom. The maximum atomic E-state index is 11.6. The Morgan fingerprint density at radius 3 is 2.40 bits per heavy atom.